The molecule has 0 bridgehead atoms. The third-order valence-corrected chi connectivity index (χ3v) is 2.75. The number of nitrogens with two attached hydrogens (primary N) is 1. The Balaban J connectivity index is 2.23. The van der Waals surface area contributed by atoms with Gasteiger partial charge in [-0.15, -0.1) is 0 Å². The molecule has 0 fully saturated rings. The van der Waals surface area contributed by atoms with Crippen LogP contribution in [-0.2, 0) is 5.41 Å². The molecule has 0 aliphatic heterocycles. The van der Waals surface area contributed by atoms with E-state index in [1.807, 2.05) is 19.1 Å². The zero-order chi connectivity index (χ0) is 14.0. The third kappa shape index (κ3) is 3.24. The number of rotatable bonds is 3. The molecule has 2 aromatic rings. The molecule has 0 radical (unpaired) electrons. The van der Waals surface area contributed by atoms with E-state index in [1.54, 1.807) is 12.3 Å². The molecule has 1 atom stereocenters. The number of hydrogen-bond acceptors (Lipinski definition) is 5. The maximum absolute atomic E-state index is 5.84. The summed E-state index contributed by atoms with van der Waals surface area (Å²) >= 11 is 0. The van der Waals surface area contributed by atoms with Gasteiger partial charge in [-0.1, -0.05) is 20.8 Å². The summed E-state index contributed by atoms with van der Waals surface area (Å²) in [6, 6.07) is 5.54. The highest BCUT2D eigenvalue weighted by Gasteiger charge is 2.19. The van der Waals surface area contributed by atoms with Crippen LogP contribution in [0.2, 0.25) is 0 Å². The van der Waals surface area contributed by atoms with E-state index in [1.165, 1.54) is 0 Å². The molecule has 0 aliphatic carbocycles. The summed E-state index contributed by atoms with van der Waals surface area (Å²) in [6.45, 7) is 8.18. The quantitative estimate of drug-likeness (QED) is 0.886. The second kappa shape index (κ2) is 4.91. The van der Waals surface area contributed by atoms with Crippen LogP contribution in [-0.4, -0.2) is 9.97 Å². The van der Waals surface area contributed by atoms with Gasteiger partial charge < -0.3 is 15.5 Å². The number of nitrogens with zero attached hydrogens (tertiary/aromatic N) is 2. The molecule has 0 saturated carbocycles. The second-order valence-corrected chi connectivity index (χ2v) is 5.63. The SMILES string of the molecule is CC(Nc1cc(N)nc(C(C)(C)C)n1)c1ccco1. The standard InChI is InChI=1S/C14H20N4O/c1-9(10-6-5-7-19-10)16-12-8-11(15)17-13(18-12)14(2,3)4/h5-9H,1-4H3,(H3,15,16,17,18). The minimum atomic E-state index is -0.139. The number of hydrogen-bond donors (Lipinski definition) is 2. The smallest absolute Gasteiger partial charge is 0.138 e. The molecule has 2 rings (SSSR count). The van der Waals surface area contributed by atoms with Crippen molar-refractivity contribution in [3.63, 3.8) is 0 Å². The molecule has 0 aromatic carbocycles. The highest BCUT2D eigenvalue weighted by Crippen LogP contribution is 2.23. The minimum Gasteiger partial charge on any atom is -0.467 e. The summed E-state index contributed by atoms with van der Waals surface area (Å²) in [4.78, 5) is 8.79. The summed E-state index contributed by atoms with van der Waals surface area (Å²) < 4.78 is 5.36. The first kappa shape index (κ1) is 13.4. The van der Waals surface area contributed by atoms with Gasteiger partial charge in [-0.3, -0.25) is 0 Å². The van der Waals surface area contributed by atoms with Crippen molar-refractivity contribution in [2.45, 2.75) is 39.2 Å². The molecular weight excluding hydrogens is 240 g/mol. The largest absolute Gasteiger partial charge is 0.467 e. The van der Waals surface area contributed by atoms with Crippen LogP contribution in [0.3, 0.4) is 0 Å². The van der Waals surface area contributed by atoms with E-state index in [0.29, 0.717) is 11.6 Å². The van der Waals surface area contributed by atoms with Gasteiger partial charge in [0.25, 0.3) is 0 Å². The van der Waals surface area contributed by atoms with Crippen LogP contribution >= 0.6 is 0 Å². The van der Waals surface area contributed by atoms with Crippen LogP contribution in [0.4, 0.5) is 11.6 Å². The maximum Gasteiger partial charge on any atom is 0.138 e. The van der Waals surface area contributed by atoms with Crippen molar-refractivity contribution < 1.29 is 4.42 Å². The summed E-state index contributed by atoms with van der Waals surface area (Å²) in [6.07, 6.45) is 1.66. The highest BCUT2D eigenvalue weighted by atomic mass is 16.3. The molecule has 19 heavy (non-hydrogen) atoms. The first-order chi connectivity index (χ1) is 8.86. The molecule has 3 N–H and O–H groups in total. The monoisotopic (exact) mass is 260 g/mol. The van der Waals surface area contributed by atoms with Crippen molar-refractivity contribution in [2.75, 3.05) is 11.1 Å². The average molecular weight is 260 g/mol. The van der Waals surface area contributed by atoms with E-state index >= 15 is 0 Å². The van der Waals surface area contributed by atoms with E-state index in [9.17, 15) is 0 Å². The van der Waals surface area contributed by atoms with Crippen LogP contribution in [0.15, 0.2) is 28.9 Å². The first-order valence-corrected chi connectivity index (χ1v) is 6.31. The number of furan rings is 1. The predicted octanol–water partition coefficient (Wildman–Crippen LogP) is 3.12. The average Bonchev–Trinajstić information content (AvgIpc) is 2.80. The van der Waals surface area contributed by atoms with Gasteiger partial charge in [-0.2, -0.15) is 0 Å². The van der Waals surface area contributed by atoms with Crippen LogP contribution in [0, 0.1) is 0 Å². The van der Waals surface area contributed by atoms with Crippen LogP contribution in [0.25, 0.3) is 0 Å². The molecule has 5 nitrogen and oxygen atoms in total. The molecular formula is C14H20N4O. The number of nitrogen functional groups attached to an aromatic ring is 1. The molecule has 102 valence electrons. The number of nitrogens with one attached hydrogen (secondary N) is 1. The van der Waals surface area contributed by atoms with Crippen LogP contribution in [0.5, 0.6) is 0 Å². The summed E-state index contributed by atoms with van der Waals surface area (Å²) in [5.41, 5.74) is 5.70. The maximum atomic E-state index is 5.84. The van der Waals surface area contributed by atoms with Gasteiger partial charge in [0.2, 0.25) is 0 Å². The Morgan fingerprint density at radius 2 is 2.05 bits per heavy atom. The lowest BCUT2D eigenvalue weighted by Gasteiger charge is -2.19. The molecule has 5 heteroatoms. The molecule has 0 saturated heterocycles. The van der Waals surface area contributed by atoms with E-state index in [4.69, 9.17) is 10.2 Å². The number of anilines is 2. The van der Waals surface area contributed by atoms with Crippen molar-refractivity contribution >= 4 is 11.6 Å². The first-order valence-electron chi connectivity index (χ1n) is 6.31. The Kier molecular flexibility index (Phi) is 3.46. The van der Waals surface area contributed by atoms with Gasteiger partial charge in [0.05, 0.1) is 12.3 Å². The lowest BCUT2D eigenvalue weighted by Crippen LogP contribution is -2.18. The molecule has 1 unspecified atom stereocenters. The fourth-order valence-corrected chi connectivity index (χ4v) is 1.71. The van der Waals surface area contributed by atoms with Gasteiger partial charge in [0.1, 0.15) is 23.2 Å². The van der Waals surface area contributed by atoms with Gasteiger partial charge in [0, 0.05) is 11.5 Å². The Labute approximate surface area is 113 Å². The van der Waals surface area contributed by atoms with E-state index in [-0.39, 0.29) is 11.5 Å². The van der Waals surface area contributed by atoms with Crippen molar-refractivity contribution in [1.82, 2.24) is 9.97 Å². The van der Waals surface area contributed by atoms with Crippen molar-refractivity contribution in [1.29, 1.82) is 0 Å². The Hall–Kier alpha value is -2.04. The van der Waals surface area contributed by atoms with Crippen LogP contribution < -0.4 is 11.1 Å². The van der Waals surface area contributed by atoms with E-state index < -0.39 is 0 Å². The Bertz CT molecular complexity index is 543. The summed E-state index contributed by atoms with van der Waals surface area (Å²) in [5.74, 6) is 2.76. The zero-order valence-electron chi connectivity index (χ0n) is 11.8. The normalized spacial score (nSPS) is 13.3. The summed E-state index contributed by atoms with van der Waals surface area (Å²) in [5, 5.41) is 3.27. The van der Waals surface area contributed by atoms with E-state index in [2.05, 4.69) is 36.1 Å². The van der Waals surface area contributed by atoms with Gasteiger partial charge in [-0.25, -0.2) is 9.97 Å². The topological polar surface area (TPSA) is 77.0 Å². The summed E-state index contributed by atoms with van der Waals surface area (Å²) in [7, 11) is 0. The fourth-order valence-electron chi connectivity index (χ4n) is 1.71. The van der Waals surface area contributed by atoms with Gasteiger partial charge in [-0.05, 0) is 19.1 Å². The molecule has 0 amide bonds. The number of aromatic nitrogens is 2. The zero-order valence-corrected chi connectivity index (χ0v) is 11.8. The lowest BCUT2D eigenvalue weighted by molar-refractivity contribution is 0.489. The van der Waals surface area contributed by atoms with Gasteiger partial charge in [0.15, 0.2) is 0 Å². The lowest BCUT2D eigenvalue weighted by atomic mass is 9.96. The fraction of sp³-hybridized carbons (Fsp3) is 0.429. The van der Waals surface area contributed by atoms with Gasteiger partial charge >= 0.3 is 0 Å². The predicted molar refractivity (Wildman–Crippen MR) is 75.9 cm³/mol. The highest BCUT2D eigenvalue weighted by molar-refractivity contribution is 5.46. The second-order valence-electron chi connectivity index (χ2n) is 5.63. The molecule has 2 heterocycles. The minimum absolute atomic E-state index is 0.0251. The third-order valence-electron chi connectivity index (χ3n) is 2.75. The van der Waals surface area contributed by atoms with Crippen molar-refractivity contribution in [3.05, 3.63) is 36.0 Å². The molecule has 0 aliphatic rings. The van der Waals surface area contributed by atoms with Crippen LogP contribution in [0.1, 0.15) is 45.3 Å². The Morgan fingerprint density at radius 1 is 1.32 bits per heavy atom. The molecule has 0 spiro atoms. The van der Waals surface area contributed by atoms with Crippen molar-refractivity contribution in [3.8, 4) is 0 Å². The Morgan fingerprint density at radius 3 is 2.63 bits per heavy atom. The molecule has 2 aromatic heterocycles. The van der Waals surface area contributed by atoms with Crippen molar-refractivity contribution in [2.24, 2.45) is 0 Å². The van der Waals surface area contributed by atoms with E-state index in [0.717, 1.165) is 11.6 Å².